The number of Topliss-reactive ketones (excluding diaryl/α,β-unsaturated/α-hetero) is 1. The molecule has 0 aliphatic carbocycles. The van der Waals surface area contributed by atoms with Crippen LogP contribution in [0.25, 0.3) is 0 Å². The average molecular weight is 323 g/mol. The normalized spacial score (nSPS) is 10.3. The summed E-state index contributed by atoms with van der Waals surface area (Å²) in [6.45, 7) is 0. The molecule has 92 valence electrons. The van der Waals surface area contributed by atoms with Gasteiger partial charge in [0.25, 0.3) is 0 Å². The molecule has 0 unspecified atom stereocenters. The maximum absolute atomic E-state index is 11.9. The standard InChI is InChI=1S/C14H11BrO2S/c15-12-3-1-2-4-14(12)18-9-13(17)10-5-7-11(16)8-6-10/h1-8,16H,9H2. The van der Waals surface area contributed by atoms with Gasteiger partial charge in [-0.2, -0.15) is 0 Å². The molecule has 0 heterocycles. The summed E-state index contributed by atoms with van der Waals surface area (Å²) in [6, 6.07) is 14.1. The molecular formula is C14H11BrO2S. The van der Waals surface area contributed by atoms with Crippen molar-refractivity contribution in [2.24, 2.45) is 0 Å². The average Bonchev–Trinajstić information content (AvgIpc) is 2.38. The Balaban J connectivity index is 2.01. The van der Waals surface area contributed by atoms with Crippen molar-refractivity contribution in [1.29, 1.82) is 0 Å². The fourth-order valence-corrected chi connectivity index (χ4v) is 2.90. The molecule has 0 radical (unpaired) electrons. The molecule has 0 atom stereocenters. The zero-order chi connectivity index (χ0) is 13.0. The summed E-state index contributed by atoms with van der Waals surface area (Å²) in [7, 11) is 0. The third kappa shape index (κ3) is 3.37. The number of hydrogen-bond acceptors (Lipinski definition) is 3. The predicted molar refractivity (Wildman–Crippen MR) is 77.3 cm³/mol. The van der Waals surface area contributed by atoms with Gasteiger partial charge in [-0.3, -0.25) is 4.79 Å². The van der Waals surface area contributed by atoms with Gasteiger partial charge in [-0.1, -0.05) is 12.1 Å². The lowest BCUT2D eigenvalue weighted by Gasteiger charge is -2.04. The minimum absolute atomic E-state index is 0.0516. The van der Waals surface area contributed by atoms with E-state index in [1.165, 1.54) is 23.9 Å². The molecule has 18 heavy (non-hydrogen) atoms. The highest BCUT2D eigenvalue weighted by atomic mass is 79.9. The maximum Gasteiger partial charge on any atom is 0.173 e. The summed E-state index contributed by atoms with van der Waals surface area (Å²) in [5, 5.41) is 9.16. The lowest BCUT2D eigenvalue weighted by atomic mass is 10.1. The molecule has 0 fully saturated rings. The Hall–Kier alpha value is -1.26. The smallest absolute Gasteiger partial charge is 0.173 e. The van der Waals surface area contributed by atoms with Crippen molar-refractivity contribution in [3.05, 3.63) is 58.6 Å². The predicted octanol–water partition coefficient (Wildman–Crippen LogP) is 4.13. The van der Waals surface area contributed by atoms with E-state index in [2.05, 4.69) is 15.9 Å². The Labute approximate surface area is 118 Å². The number of phenols is 1. The van der Waals surface area contributed by atoms with Crippen molar-refractivity contribution in [3.63, 3.8) is 0 Å². The van der Waals surface area contributed by atoms with Crippen LogP contribution in [0.2, 0.25) is 0 Å². The van der Waals surface area contributed by atoms with Crippen molar-refractivity contribution >= 4 is 33.5 Å². The van der Waals surface area contributed by atoms with E-state index in [0.717, 1.165) is 9.37 Å². The van der Waals surface area contributed by atoms with Crippen LogP contribution in [0.5, 0.6) is 5.75 Å². The second-order valence-corrected chi connectivity index (χ2v) is 5.56. The van der Waals surface area contributed by atoms with Gasteiger partial charge in [-0.05, 0) is 52.3 Å². The fraction of sp³-hybridized carbons (Fsp3) is 0.0714. The number of hydrogen-bond donors (Lipinski definition) is 1. The van der Waals surface area contributed by atoms with Gasteiger partial charge in [-0.15, -0.1) is 11.8 Å². The lowest BCUT2D eigenvalue weighted by Crippen LogP contribution is -2.01. The molecule has 0 saturated carbocycles. The minimum atomic E-state index is 0.0516. The Bertz CT molecular complexity index is 552. The van der Waals surface area contributed by atoms with Gasteiger partial charge >= 0.3 is 0 Å². The molecule has 0 aromatic heterocycles. The number of phenolic OH excluding ortho intramolecular Hbond substituents is 1. The Morgan fingerprint density at radius 2 is 1.78 bits per heavy atom. The molecule has 0 saturated heterocycles. The van der Waals surface area contributed by atoms with Gasteiger partial charge in [-0.25, -0.2) is 0 Å². The fourth-order valence-electron chi connectivity index (χ4n) is 1.44. The van der Waals surface area contributed by atoms with Gasteiger partial charge in [0.2, 0.25) is 0 Å². The van der Waals surface area contributed by atoms with Crippen molar-refractivity contribution < 1.29 is 9.90 Å². The molecule has 1 N–H and O–H groups in total. The van der Waals surface area contributed by atoms with E-state index in [0.29, 0.717) is 11.3 Å². The van der Waals surface area contributed by atoms with Crippen LogP contribution >= 0.6 is 27.7 Å². The molecule has 0 bridgehead atoms. The van der Waals surface area contributed by atoms with Crippen molar-refractivity contribution in [1.82, 2.24) is 0 Å². The van der Waals surface area contributed by atoms with E-state index in [4.69, 9.17) is 5.11 Å². The summed E-state index contributed by atoms with van der Waals surface area (Å²) in [5.74, 6) is 0.605. The maximum atomic E-state index is 11.9. The van der Waals surface area contributed by atoms with Crippen LogP contribution < -0.4 is 0 Å². The van der Waals surface area contributed by atoms with Gasteiger partial charge < -0.3 is 5.11 Å². The second kappa shape index (κ2) is 6.07. The number of carbonyl (C=O) groups is 1. The first-order valence-electron chi connectivity index (χ1n) is 5.36. The Kier molecular flexibility index (Phi) is 4.44. The van der Waals surface area contributed by atoms with Crippen molar-refractivity contribution in [3.8, 4) is 5.75 Å². The second-order valence-electron chi connectivity index (χ2n) is 3.69. The van der Waals surface area contributed by atoms with E-state index in [9.17, 15) is 4.79 Å². The van der Waals surface area contributed by atoms with Crippen LogP contribution in [-0.4, -0.2) is 16.6 Å². The van der Waals surface area contributed by atoms with Crippen LogP contribution in [-0.2, 0) is 0 Å². The summed E-state index contributed by atoms with van der Waals surface area (Å²) in [6.07, 6.45) is 0. The van der Waals surface area contributed by atoms with Gasteiger partial charge in [0.1, 0.15) is 5.75 Å². The van der Waals surface area contributed by atoms with Crippen LogP contribution in [0.1, 0.15) is 10.4 Å². The number of thioether (sulfide) groups is 1. The number of aromatic hydroxyl groups is 1. The van der Waals surface area contributed by atoms with E-state index in [1.54, 1.807) is 12.1 Å². The number of halogens is 1. The quantitative estimate of drug-likeness (QED) is 0.679. The van der Waals surface area contributed by atoms with E-state index in [1.807, 2.05) is 24.3 Å². The molecule has 4 heteroatoms. The highest BCUT2D eigenvalue weighted by Gasteiger charge is 2.07. The number of benzene rings is 2. The monoisotopic (exact) mass is 322 g/mol. The first kappa shape index (κ1) is 13.2. The summed E-state index contributed by atoms with van der Waals surface area (Å²) in [4.78, 5) is 13.0. The number of ketones is 1. The van der Waals surface area contributed by atoms with Crippen LogP contribution in [0, 0.1) is 0 Å². The zero-order valence-electron chi connectivity index (χ0n) is 9.47. The van der Waals surface area contributed by atoms with Gasteiger partial charge in [0, 0.05) is 14.9 Å². The van der Waals surface area contributed by atoms with Crippen LogP contribution in [0.15, 0.2) is 57.9 Å². The van der Waals surface area contributed by atoms with Gasteiger partial charge in [0.05, 0.1) is 5.75 Å². The number of rotatable bonds is 4. The summed E-state index contributed by atoms with van der Waals surface area (Å²) in [5.41, 5.74) is 0.618. The minimum Gasteiger partial charge on any atom is -0.508 e. The Morgan fingerprint density at radius 3 is 2.44 bits per heavy atom. The molecule has 0 aliphatic rings. The molecule has 2 rings (SSSR count). The highest BCUT2D eigenvalue weighted by Crippen LogP contribution is 2.27. The van der Waals surface area contributed by atoms with Crippen LogP contribution in [0.3, 0.4) is 0 Å². The SMILES string of the molecule is O=C(CSc1ccccc1Br)c1ccc(O)cc1. The molecular weight excluding hydrogens is 312 g/mol. The van der Waals surface area contributed by atoms with Crippen molar-refractivity contribution in [2.75, 3.05) is 5.75 Å². The molecule has 2 aromatic carbocycles. The molecule has 0 aliphatic heterocycles. The molecule has 2 nitrogen and oxygen atoms in total. The third-order valence-electron chi connectivity index (χ3n) is 2.38. The first-order chi connectivity index (χ1) is 8.66. The van der Waals surface area contributed by atoms with E-state index in [-0.39, 0.29) is 11.5 Å². The first-order valence-corrected chi connectivity index (χ1v) is 7.14. The van der Waals surface area contributed by atoms with Gasteiger partial charge in [0.15, 0.2) is 5.78 Å². The summed E-state index contributed by atoms with van der Waals surface area (Å²) < 4.78 is 0.994. The molecule has 2 aromatic rings. The van der Waals surface area contributed by atoms with E-state index >= 15 is 0 Å². The third-order valence-corrected chi connectivity index (χ3v) is 4.41. The van der Waals surface area contributed by atoms with Crippen LogP contribution in [0.4, 0.5) is 0 Å². The topological polar surface area (TPSA) is 37.3 Å². The Morgan fingerprint density at radius 1 is 1.11 bits per heavy atom. The summed E-state index contributed by atoms with van der Waals surface area (Å²) >= 11 is 4.94. The molecule has 0 amide bonds. The lowest BCUT2D eigenvalue weighted by molar-refractivity contribution is 0.102. The molecule has 0 spiro atoms. The zero-order valence-corrected chi connectivity index (χ0v) is 11.9. The highest BCUT2D eigenvalue weighted by molar-refractivity contribution is 9.10. The van der Waals surface area contributed by atoms with E-state index < -0.39 is 0 Å². The largest absolute Gasteiger partial charge is 0.508 e. The number of carbonyl (C=O) groups excluding carboxylic acids is 1. The van der Waals surface area contributed by atoms with Crippen molar-refractivity contribution in [2.45, 2.75) is 4.90 Å².